The van der Waals surface area contributed by atoms with Crippen LogP contribution in [0.15, 0.2) is 36.4 Å². The molecule has 2 heterocycles. The maximum absolute atomic E-state index is 12.2. The molecule has 3 aromatic rings. The maximum atomic E-state index is 12.2. The predicted octanol–water partition coefficient (Wildman–Crippen LogP) is 2.97. The molecule has 0 bridgehead atoms. The number of hydrogen-bond acceptors (Lipinski definition) is 4. The van der Waals surface area contributed by atoms with E-state index in [0.29, 0.717) is 17.5 Å². The maximum Gasteiger partial charge on any atom is 0.233 e. The molecule has 0 radical (unpaired) electrons. The molecule has 2 aromatic heterocycles. The molecule has 0 aliphatic rings. The second-order valence-corrected chi connectivity index (χ2v) is 5.69. The molecular formula is C18H19N5O. The summed E-state index contributed by atoms with van der Waals surface area (Å²) in [5.74, 6) is 1.50. The molecule has 6 heteroatoms. The Morgan fingerprint density at radius 1 is 1.12 bits per heavy atom. The smallest absolute Gasteiger partial charge is 0.233 e. The summed E-state index contributed by atoms with van der Waals surface area (Å²) in [5, 5.41) is 9.54. The normalized spacial score (nSPS) is 10.6. The molecule has 0 saturated carbocycles. The van der Waals surface area contributed by atoms with Gasteiger partial charge in [-0.3, -0.25) is 9.89 Å². The summed E-state index contributed by atoms with van der Waals surface area (Å²) in [6, 6.07) is 12.0. The highest BCUT2D eigenvalue weighted by Crippen LogP contribution is 2.27. The number of rotatable bonds is 4. The van der Waals surface area contributed by atoms with Crippen molar-refractivity contribution in [2.75, 3.05) is 5.32 Å². The third-order valence-corrected chi connectivity index (χ3v) is 3.83. The number of anilines is 1. The summed E-state index contributed by atoms with van der Waals surface area (Å²) in [5.41, 5.74) is 4.15. The van der Waals surface area contributed by atoms with E-state index in [2.05, 4.69) is 25.5 Å². The first-order chi connectivity index (χ1) is 11.5. The SMILES string of the molecule is Cc1nc(CC(=O)Nc2cc(-c3ccccc3)c(C)c(C)n2)n[nH]1. The van der Waals surface area contributed by atoms with Crippen LogP contribution in [0.2, 0.25) is 0 Å². The minimum absolute atomic E-state index is 0.111. The van der Waals surface area contributed by atoms with Crippen molar-refractivity contribution >= 4 is 11.7 Å². The molecule has 0 aliphatic carbocycles. The Hall–Kier alpha value is -3.02. The Balaban J connectivity index is 1.83. The zero-order chi connectivity index (χ0) is 17.1. The number of H-pyrrole nitrogens is 1. The van der Waals surface area contributed by atoms with Gasteiger partial charge in [0.2, 0.25) is 5.91 Å². The van der Waals surface area contributed by atoms with Gasteiger partial charge in [0.1, 0.15) is 11.6 Å². The second kappa shape index (κ2) is 6.62. The van der Waals surface area contributed by atoms with Crippen LogP contribution in [-0.2, 0) is 11.2 Å². The van der Waals surface area contributed by atoms with Gasteiger partial charge in [0, 0.05) is 5.69 Å². The Kier molecular flexibility index (Phi) is 4.37. The molecule has 0 spiro atoms. The molecule has 0 atom stereocenters. The lowest BCUT2D eigenvalue weighted by Gasteiger charge is -2.12. The number of aryl methyl sites for hydroxylation is 2. The number of benzene rings is 1. The average Bonchev–Trinajstić information content (AvgIpc) is 2.96. The van der Waals surface area contributed by atoms with Crippen LogP contribution in [0.1, 0.15) is 22.9 Å². The van der Waals surface area contributed by atoms with Crippen molar-refractivity contribution in [1.82, 2.24) is 20.2 Å². The first-order valence-corrected chi connectivity index (χ1v) is 7.74. The van der Waals surface area contributed by atoms with Crippen molar-refractivity contribution in [2.24, 2.45) is 0 Å². The number of nitrogens with zero attached hydrogens (tertiary/aromatic N) is 3. The summed E-state index contributed by atoms with van der Waals surface area (Å²) >= 11 is 0. The van der Waals surface area contributed by atoms with Crippen LogP contribution < -0.4 is 5.32 Å². The average molecular weight is 321 g/mol. The number of carbonyl (C=O) groups excluding carboxylic acids is 1. The van der Waals surface area contributed by atoms with Gasteiger partial charge in [-0.2, -0.15) is 5.10 Å². The van der Waals surface area contributed by atoms with E-state index in [1.165, 1.54) is 0 Å². The Labute approximate surface area is 140 Å². The quantitative estimate of drug-likeness (QED) is 0.774. The number of amides is 1. The van der Waals surface area contributed by atoms with Gasteiger partial charge in [0.05, 0.1) is 6.42 Å². The molecule has 0 unspecified atom stereocenters. The predicted molar refractivity (Wildman–Crippen MR) is 92.6 cm³/mol. The van der Waals surface area contributed by atoms with Crippen molar-refractivity contribution in [3.05, 3.63) is 59.3 Å². The van der Waals surface area contributed by atoms with Gasteiger partial charge in [-0.25, -0.2) is 9.97 Å². The Bertz CT molecular complexity index is 870. The van der Waals surface area contributed by atoms with Crippen LogP contribution in [-0.4, -0.2) is 26.1 Å². The monoisotopic (exact) mass is 321 g/mol. The lowest BCUT2D eigenvalue weighted by atomic mass is 10.0. The van der Waals surface area contributed by atoms with Crippen LogP contribution in [0.3, 0.4) is 0 Å². The van der Waals surface area contributed by atoms with Crippen LogP contribution in [0.25, 0.3) is 11.1 Å². The fourth-order valence-electron chi connectivity index (χ4n) is 2.52. The highest BCUT2D eigenvalue weighted by Gasteiger charge is 2.12. The number of aromatic nitrogens is 4. The van der Waals surface area contributed by atoms with Crippen LogP contribution in [0.5, 0.6) is 0 Å². The summed E-state index contributed by atoms with van der Waals surface area (Å²) in [6.45, 7) is 5.77. The molecule has 1 amide bonds. The van der Waals surface area contributed by atoms with Crippen LogP contribution >= 0.6 is 0 Å². The van der Waals surface area contributed by atoms with Crippen LogP contribution in [0.4, 0.5) is 5.82 Å². The number of pyridine rings is 1. The Morgan fingerprint density at radius 3 is 2.54 bits per heavy atom. The standard InChI is InChI=1S/C18H19N5O/c1-11-12(2)19-16(9-15(11)14-7-5-4-6-8-14)21-18(24)10-17-20-13(3)22-23-17/h4-9H,10H2,1-3H3,(H,19,21,24)(H,20,22,23). The van der Waals surface area contributed by atoms with Gasteiger partial charge >= 0.3 is 0 Å². The summed E-state index contributed by atoms with van der Waals surface area (Å²) in [6.07, 6.45) is 0.111. The van der Waals surface area contributed by atoms with E-state index >= 15 is 0 Å². The molecule has 1 aromatic carbocycles. The van der Waals surface area contributed by atoms with E-state index in [1.807, 2.05) is 50.2 Å². The van der Waals surface area contributed by atoms with E-state index in [-0.39, 0.29) is 12.3 Å². The van der Waals surface area contributed by atoms with E-state index in [4.69, 9.17) is 0 Å². The van der Waals surface area contributed by atoms with Crippen molar-refractivity contribution < 1.29 is 4.79 Å². The minimum Gasteiger partial charge on any atom is -0.310 e. The fourth-order valence-corrected chi connectivity index (χ4v) is 2.52. The molecule has 2 N–H and O–H groups in total. The summed E-state index contributed by atoms with van der Waals surface area (Å²) in [7, 11) is 0. The zero-order valence-corrected chi connectivity index (χ0v) is 13.9. The summed E-state index contributed by atoms with van der Waals surface area (Å²) < 4.78 is 0. The first kappa shape index (κ1) is 15.9. The second-order valence-electron chi connectivity index (χ2n) is 5.69. The van der Waals surface area contributed by atoms with Gasteiger partial charge in [-0.15, -0.1) is 0 Å². The number of nitrogens with one attached hydrogen (secondary N) is 2. The topological polar surface area (TPSA) is 83.6 Å². The van der Waals surface area contributed by atoms with Crippen molar-refractivity contribution in [1.29, 1.82) is 0 Å². The summed E-state index contributed by atoms with van der Waals surface area (Å²) in [4.78, 5) is 20.8. The van der Waals surface area contributed by atoms with Gasteiger partial charge in [-0.1, -0.05) is 30.3 Å². The number of hydrogen-bond donors (Lipinski definition) is 2. The molecule has 0 aliphatic heterocycles. The van der Waals surface area contributed by atoms with Crippen LogP contribution in [0, 0.1) is 20.8 Å². The molecule has 0 saturated heterocycles. The third kappa shape index (κ3) is 3.48. The van der Waals surface area contributed by atoms with E-state index in [1.54, 1.807) is 6.92 Å². The van der Waals surface area contributed by atoms with E-state index in [0.717, 1.165) is 22.4 Å². The number of carbonyl (C=O) groups is 1. The zero-order valence-electron chi connectivity index (χ0n) is 13.9. The highest BCUT2D eigenvalue weighted by molar-refractivity contribution is 5.91. The van der Waals surface area contributed by atoms with Crippen molar-refractivity contribution in [3.8, 4) is 11.1 Å². The van der Waals surface area contributed by atoms with E-state index < -0.39 is 0 Å². The Morgan fingerprint density at radius 2 is 1.88 bits per heavy atom. The van der Waals surface area contributed by atoms with Crippen molar-refractivity contribution in [2.45, 2.75) is 27.2 Å². The van der Waals surface area contributed by atoms with Gasteiger partial charge in [0.25, 0.3) is 0 Å². The largest absolute Gasteiger partial charge is 0.310 e. The molecule has 3 rings (SSSR count). The van der Waals surface area contributed by atoms with Gasteiger partial charge in [0.15, 0.2) is 5.82 Å². The lowest BCUT2D eigenvalue weighted by molar-refractivity contribution is -0.115. The minimum atomic E-state index is -0.191. The third-order valence-electron chi connectivity index (χ3n) is 3.83. The highest BCUT2D eigenvalue weighted by atomic mass is 16.1. The van der Waals surface area contributed by atoms with Gasteiger partial charge < -0.3 is 5.32 Å². The molecule has 0 fully saturated rings. The molecule has 6 nitrogen and oxygen atoms in total. The first-order valence-electron chi connectivity index (χ1n) is 7.74. The lowest BCUT2D eigenvalue weighted by Crippen LogP contribution is -2.16. The van der Waals surface area contributed by atoms with Gasteiger partial charge in [-0.05, 0) is 43.5 Å². The van der Waals surface area contributed by atoms with Crippen molar-refractivity contribution in [3.63, 3.8) is 0 Å². The fraction of sp³-hybridized carbons (Fsp3) is 0.222. The molecule has 24 heavy (non-hydrogen) atoms. The number of aromatic amines is 1. The molecular weight excluding hydrogens is 302 g/mol. The van der Waals surface area contributed by atoms with E-state index in [9.17, 15) is 4.79 Å². The molecule has 122 valence electrons.